The van der Waals surface area contributed by atoms with Crippen molar-refractivity contribution < 1.29 is 0 Å². The smallest absolute Gasteiger partial charge is 0.282 e. The highest BCUT2D eigenvalue weighted by Crippen LogP contribution is 2.25. The minimum Gasteiger partial charge on any atom is -0.303 e. The summed E-state index contributed by atoms with van der Waals surface area (Å²) in [5, 5.41) is 10.5. The molecule has 2 aromatic heterocycles. The molecule has 1 fully saturated rings. The van der Waals surface area contributed by atoms with E-state index in [1.54, 1.807) is 6.21 Å². The second-order valence-electron chi connectivity index (χ2n) is 7.37. The number of hydrogen-bond acceptors (Lipinski definition) is 6. The number of nitrogens with one attached hydrogen (secondary N) is 1. The molecule has 5 rings (SSSR count). The van der Waals surface area contributed by atoms with Gasteiger partial charge in [-0.15, -0.1) is 0 Å². The second kappa shape index (κ2) is 7.89. The van der Waals surface area contributed by atoms with Crippen LogP contribution in [0.15, 0.2) is 64.5 Å². The fourth-order valence-corrected chi connectivity index (χ4v) is 4.46. The number of fused-ring (bicyclic) bond motifs is 1. The molecule has 0 aliphatic carbocycles. The Morgan fingerprint density at radius 1 is 1.03 bits per heavy atom. The van der Waals surface area contributed by atoms with Crippen molar-refractivity contribution >= 4 is 27.8 Å². The van der Waals surface area contributed by atoms with Gasteiger partial charge in [-0.1, -0.05) is 53.8 Å². The Balaban J connectivity index is 1.58. The van der Waals surface area contributed by atoms with E-state index in [0.29, 0.717) is 10.7 Å². The number of thiazole rings is 1. The molecule has 0 atom stereocenters. The first-order valence-electron chi connectivity index (χ1n) is 9.93. The lowest BCUT2D eigenvalue weighted by atomic mass is 10.1. The summed E-state index contributed by atoms with van der Waals surface area (Å²) in [5.74, 6) is 0. The van der Waals surface area contributed by atoms with Gasteiger partial charge in [0.1, 0.15) is 0 Å². The Labute approximate surface area is 177 Å². The van der Waals surface area contributed by atoms with E-state index < -0.39 is 0 Å². The third kappa shape index (κ3) is 3.55. The summed E-state index contributed by atoms with van der Waals surface area (Å²) in [6.45, 7) is 3.63. The SMILES string of the molecule is CN1CCN(/N=C/c2c(-c3ccccc3)[nH]n(-c3nc4ccccc4s3)c2=O)CC1. The van der Waals surface area contributed by atoms with Crippen LogP contribution >= 0.6 is 11.3 Å². The van der Waals surface area contributed by atoms with Crippen LogP contribution in [0.1, 0.15) is 5.56 Å². The molecular weight excluding hydrogens is 396 g/mol. The highest BCUT2D eigenvalue weighted by Gasteiger charge is 2.18. The van der Waals surface area contributed by atoms with Gasteiger partial charge in [0, 0.05) is 31.7 Å². The fourth-order valence-electron chi connectivity index (χ4n) is 3.54. The minimum absolute atomic E-state index is 0.147. The fraction of sp³-hybridized carbons (Fsp3) is 0.227. The van der Waals surface area contributed by atoms with E-state index in [4.69, 9.17) is 0 Å². The van der Waals surface area contributed by atoms with Crippen LogP contribution in [-0.4, -0.2) is 64.1 Å². The van der Waals surface area contributed by atoms with Crippen molar-refractivity contribution in [3.05, 3.63) is 70.5 Å². The first-order chi connectivity index (χ1) is 14.7. The molecule has 2 aromatic carbocycles. The van der Waals surface area contributed by atoms with Gasteiger partial charge in [0.15, 0.2) is 0 Å². The number of aromatic nitrogens is 3. The van der Waals surface area contributed by atoms with Crippen LogP contribution in [0.4, 0.5) is 0 Å². The maximum atomic E-state index is 13.3. The number of benzene rings is 2. The van der Waals surface area contributed by atoms with E-state index in [1.807, 2.05) is 59.6 Å². The quantitative estimate of drug-likeness (QED) is 0.517. The maximum Gasteiger partial charge on any atom is 0.282 e. The predicted molar refractivity (Wildman–Crippen MR) is 122 cm³/mol. The van der Waals surface area contributed by atoms with Crippen molar-refractivity contribution in [2.45, 2.75) is 0 Å². The molecule has 0 amide bonds. The Kier molecular flexibility index (Phi) is 4.94. The number of aromatic amines is 1. The van der Waals surface area contributed by atoms with E-state index in [0.717, 1.165) is 47.7 Å². The predicted octanol–water partition coefficient (Wildman–Crippen LogP) is 3.02. The zero-order valence-electron chi connectivity index (χ0n) is 16.7. The first-order valence-corrected chi connectivity index (χ1v) is 10.7. The molecule has 0 bridgehead atoms. The number of rotatable bonds is 4. The van der Waals surface area contributed by atoms with Gasteiger partial charge in [-0.3, -0.25) is 14.9 Å². The summed E-state index contributed by atoms with van der Waals surface area (Å²) < 4.78 is 2.57. The molecule has 7 nitrogen and oxygen atoms in total. The lowest BCUT2D eigenvalue weighted by Gasteiger charge is -2.30. The molecule has 8 heteroatoms. The van der Waals surface area contributed by atoms with Crippen molar-refractivity contribution in [1.82, 2.24) is 24.7 Å². The molecule has 1 N–H and O–H groups in total. The van der Waals surface area contributed by atoms with Crippen LogP contribution in [0.3, 0.4) is 0 Å². The monoisotopic (exact) mass is 418 g/mol. The highest BCUT2D eigenvalue weighted by molar-refractivity contribution is 7.20. The molecule has 4 aromatic rings. The van der Waals surface area contributed by atoms with Crippen LogP contribution in [-0.2, 0) is 0 Å². The molecule has 0 spiro atoms. The number of likely N-dealkylation sites (N-methyl/N-ethyl adjacent to an activating group) is 1. The van der Waals surface area contributed by atoms with Crippen LogP contribution < -0.4 is 5.56 Å². The van der Waals surface area contributed by atoms with Gasteiger partial charge in [0.05, 0.1) is 27.7 Å². The average Bonchev–Trinajstić information content (AvgIpc) is 3.35. The molecule has 0 saturated carbocycles. The molecule has 30 heavy (non-hydrogen) atoms. The minimum atomic E-state index is -0.147. The van der Waals surface area contributed by atoms with Crippen molar-refractivity contribution in [3.63, 3.8) is 0 Å². The van der Waals surface area contributed by atoms with E-state index in [-0.39, 0.29) is 5.56 Å². The topological polar surface area (TPSA) is 69.5 Å². The van der Waals surface area contributed by atoms with E-state index in [2.05, 4.69) is 27.1 Å². The van der Waals surface area contributed by atoms with Gasteiger partial charge in [-0.2, -0.15) is 9.78 Å². The maximum absolute atomic E-state index is 13.3. The Bertz CT molecular complexity index is 1210. The Morgan fingerprint density at radius 3 is 2.53 bits per heavy atom. The largest absolute Gasteiger partial charge is 0.303 e. The molecule has 152 valence electrons. The first kappa shape index (κ1) is 18.8. The van der Waals surface area contributed by atoms with Crippen LogP contribution in [0, 0.1) is 0 Å². The summed E-state index contributed by atoms with van der Waals surface area (Å²) >= 11 is 1.49. The summed E-state index contributed by atoms with van der Waals surface area (Å²) in [7, 11) is 2.11. The van der Waals surface area contributed by atoms with Gasteiger partial charge in [0.2, 0.25) is 5.13 Å². The van der Waals surface area contributed by atoms with Crippen molar-refractivity contribution in [1.29, 1.82) is 0 Å². The third-order valence-electron chi connectivity index (χ3n) is 5.29. The van der Waals surface area contributed by atoms with Crippen molar-refractivity contribution in [3.8, 4) is 16.4 Å². The Morgan fingerprint density at radius 2 is 1.77 bits per heavy atom. The lowest BCUT2D eigenvalue weighted by Crippen LogP contribution is -2.41. The summed E-state index contributed by atoms with van der Waals surface area (Å²) in [5.41, 5.74) is 2.96. The average molecular weight is 419 g/mol. The summed E-state index contributed by atoms with van der Waals surface area (Å²) in [6.07, 6.45) is 1.69. The zero-order valence-corrected chi connectivity index (χ0v) is 17.5. The normalized spacial score (nSPS) is 15.4. The molecular formula is C22H22N6OS. The number of hydrazone groups is 1. The van der Waals surface area contributed by atoms with E-state index in [9.17, 15) is 4.79 Å². The zero-order chi connectivity index (χ0) is 20.5. The molecule has 3 heterocycles. The number of hydrogen-bond donors (Lipinski definition) is 1. The lowest BCUT2D eigenvalue weighted by molar-refractivity contribution is 0.159. The summed E-state index contributed by atoms with van der Waals surface area (Å²) in [4.78, 5) is 20.3. The van der Waals surface area contributed by atoms with Crippen LogP contribution in [0.2, 0.25) is 0 Å². The number of piperazine rings is 1. The van der Waals surface area contributed by atoms with E-state index >= 15 is 0 Å². The molecule has 1 aliphatic heterocycles. The standard InChI is InChI=1S/C22H22N6OS/c1-26-11-13-27(14-12-26)23-15-17-20(16-7-3-2-4-8-16)25-28(21(17)29)22-24-18-9-5-6-10-19(18)30-22/h2-10,15,25H,11-14H2,1H3/b23-15+. The van der Waals surface area contributed by atoms with Crippen molar-refractivity contribution in [2.24, 2.45) is 5.10 Å². The highest BCUT2D eigenvalue weighted by atomic mass is 32.1. The summed E-state index contributed by atoms with van der Waals surface area (Å²) in [6, 6.07) is 17.8. The van der Waals surface area contributed by atoms with Gasteiger partial charge < -0.3 is 4.90 Å². The van der Waals surface area contributed by atoms with Gasteiger partial charge >= 0.3 is 0 Å². The molecule has 0 unspecified atom stereocenters. The number of para-hydroxylation sites is 1. The van der Waals surface area contributed by atoms with Crippen LogP contribution in [0.5, 0.6) is 0 Å². The van der Waals surface area contributed by atoms with E-state index in [1.165, 1.54) is 16.0 Å². The van der Waals surface area contributed by atoms with Gasteiger partial charge in [0.25, 0.3) is 5.56 Å². The van der Waals surface area contributed by atoms with Gasteiger partial charge in [-0.25, -0.2) is 4.98 Å². The number of H-pyrrole nitrogens is 1. The Hall–Kier alpha value is -3.23. The van der Waals surface area contributed by atoms with Gasteiger partial charge in [-0.05, 0) is 19.2 Å². The number of nitrogens with zero attached hydrogens (tertiary/aromatic N) is 5. The molecule has 1 saturated heterocycles. The molecule has 0 radical (unpaired) electrons. The second-order valence-corrected chi connectivity index (χ2v) is 8.38. The van der Waals surface area contributed by atoms with Crippen LogP contribution in [0.25, 0.3) is 26.6 Å². The van der Waals surface area contributed by atoms with Crippen molar-refractivity contribution in [2.75, 3.05) is 33.2 Å². The third-order valence-corrected chi connectivity index (χ3v) is 6.31. The molecule has 1 aliphatic rings.